The lowest BCUT2D eigenvalue weighted by atomic mass is 9.43. The van der Waals surface area contributed by atoms with Gasteiger partial charge in [-0.1, -0.05) is 30.3 Å². The van der Waals surface area contributed by atoms with E-state index in [9.17, 15) is 9.90 Å². The molecule has 0 heterocycles. The SMILES string of the molecule is O=C(O)C12CC3CC4(C1)C(CC4(c1ccccc1)C2)C3CCCl. The van der Waals surface area contributed by atoms with Gasteiger partial charge in [0.1, 0.15) is 0 Å². The van der Waals surface area contributed by atoms with Crippen LogP contribution in [0, 0.1) is 28.6 Å². The number of rotatable bonds is 4. The second-order valence-electron chi connectivity index (χ2n) is 8.66. The Labute approximate surface area is 142 Å². The van der Waals surface area contributed by atoms with E-state index in [1.54, 1.807) is 0 Å². The molecule has 1 aromatic carbocycles. The van der Waals surface area contributed by atoms with Crippen molar-refractivity contribution in [3.05, 3.63) is 35.9 Å². The van der Waals surface area contributed by atoms with E-state index in [1.807, 2.05) is 0 Å². The van der Waals surface area contributed by atoms with Crippen LogP contribution in [0.25, 0.3) is 0 Å². The zero-order valence-corrected chi connectivity index (χ0v) is 14.1. The molecule has 3 bridgehead atoms. The average molecular weight is 331 g/mol. The lowest BCUT2D eigenvalue weighted by molar-refractivity contribution is -0.151. The number of alkyl halides is 1. The molecule has 0 aromatic heterocycles. The number of carbonyl (C=O) groups is 1. The van der Waals surface area contributed by atoms with Crippen LogP contribution in [0.2, 0.25) is 0 Å². The van der Waals surface area contributed by atoms with Crippen LogP contribution in [-0.4, -0.2) is 17.0 Å². The van der Waals surface area contributed by atoms with Gasteiger partial charge in [-0.25, -0.2) is 0 Å². The molecule has 122 valence electrons. The van der Waals surface area contributed by atoms with Gasteiger partial charge in [-0.15, -0.1) is 11.6 Å². The summed E-state index contributed by atoms with van der Waals surface area (Å²) in [5, 5.41) is 10.1. The highest BCUT2D eigenvalue weighted by atomic mass is 35.5. The number of hydrogen-bond donors (Lipinski definition) is 1. The first kappa shape index (κ1) is 14.3. The van der Waals surface area contributed by atoms with Crippen LogP contribution < -0.4 is 0 Å². The van der Waals surface area contributed by atoms with Gasteiger partial charge in [-0.2, -0.15) is 0 Å². The molecular formula is C20H23ClO2. The Morgan fingerprint density at radius 3 is 2.65 bits per heavy atom. The Balaban J connectivity index is 1.66. The van der Waals surface area contributed by atoms with Gasteiger partial charge in [0.15, 0.2) is 0 Å². The zero-order valence-electron chi connectivity index (χ0n) is 13.3. The molecular weight excluding hydrogens is 308 g/mol. The van der Waals surface area contributed by atoms with E-state index in [0.29, 0.717) is 23.6 Å². The first-order chi connectivity index (χ1) is 11.1. The normalized spacial score (nSPS) is 49.0. The van der Waals surface area contributed by atoms with Crippen molar-refractivity contribution in [3.8, 4) is 0 Å². The third-order valence-electron chi connectivity index (χ3n) is 8.15. The Morgan fingerprint density at radius 2 is 1.96 bits per heavy atom. The molecule has 5 rings (SSSR count). The second-order valence-corrected chi connectivity index (χ2v) is 9.04. The van der Waals surface area contributed by atoms with Crippen LogP contribution in [0.1, 0.15) is 44.1 Å². The molecule has 0 radical (unpaired) electrons. The summed E-state index contributed by atoms with van der Waals surface area (Å²) in [6, 6.07) is 10.8. The summed E-state index contributed by atoms with van der Waals surface area (Å²) >= 11 is 6.09. The number of fused-ring (bicyclic) bond motifs is 2. The largest absolute Gasteiger partial charge is 0.481 e. The number of carboxylic acid groups (broad SMARTS) is 1. The van der Waals surface area contributed by atoms with Crippen LogP contribution in [0.4, 0.5) is 0 Å². The fraction of sp³-hybridized carbons (Fsp3) is 0.650. The fourth-order valence-electron chi connectivity index (χ4n) is 7.65. The molecule has 4 aliphatic carbocycles. The topological polar surface area (TPSA) is 37.3 Å². The predicted octanol–water partition coefficient (Wildman–Crippen LogP) is 4.46. The minimum atomic E-state index is -0.545. The Bertz CT molecular complexity index is 673. The van der Waals surface area contributed by atoms with Crippen molar-refractivity contribution < 1.29 is 9.90 Å². The van der Waals surface area contributed by atoms with Crippen LogP contribution in [0.15, 0.2) is 30.3 Å². The van der Waals surface area contributed by atoms with Gasteiger partial charge in [0.05, 0.1) is 5.41 Å². The predicted molar refractivity (Wildman–Crippen MR) is 89.5 cm³/mol. The van der Waals surface area contributed by atoms with Crippen molar-refractivity contribution in [3.63, 3.8) is 0 Å². The standard InChI is InChI=1S/C20H23ClO2/c21-7-6-15-13-8-18(17(22)23)11-19(14-4-2-1-3-5-14)10-16(15)20(19,9-13)12-18/h1-5,13,15-16H,6-12H2,(H,22,23). The summed E-state index contributed by atoms with van der Waals surface area (Å²) in [7, 11) is 0. The minimum absolute atomic E-state index is 0.118. The quantitative estimate of drug-likeness (QED) is 0.827. The molecule has 2 nitrogen and oxygen atoms in total. The van der Waals surface area contributed by atoms with E-state index < -0.39 is 11.4 Å². The van der Waals surface area contributed by atoms with Gasteiger partial charge in [0.2, 0.25) is 0 Å². The van der Waals surface area contributed by atoms with Gasteiger partial charge < -0.3 is 5.11 Å². The highest BCUT2D eigenvalue weighted by Gasteiger charge is 2.81. The van der Waals surface area contributed by atoms with Crippen LogP contribution in [0.5, 0.6) is 0 Å². The first-order valence-electron chi connectivity index (χ1n) is 8.92. The summed E-state index contributed by atoms with van der Waals surface area (Å²) in [6.07, 6.45) is 6.15. The molecule has 6 unspecified atom stereocenters. The number of hydrogen-bond acceptors (Lipinski definition) is 1. The van der Waals surface area contributed by atoms with Crippen LogP contribution >= 0.6 is 11.6 Å². The zero-order chi connectivity index (χ0) is 15.9. The highest BCUT2D eigenvalue weighted by Crippen LogP contribution is 2.85. The van der Waals surface area contributed by atoms with E-state index in [0.717, 1.165) is 25.7 Å². The van der Waals surface area contributed by atoms with E-state index in [2.05, 4.69) is 30.3 Å². The maximum atomic E-state index is 12.2. The lowest BCUT2D eigenvalue weighted by Gasteiger charge is -2.60. The molecule has 4 fully saturated rings. The van der Waals surface area contributed by atoms with Crippen molar-refractivity contribution in [2.45, 2.75) is 43.9 Å². The molecule has 4 saturated carbocycles. The summed E-state index contributed by atoms with van der Waals surface area (Å²) in [4.78, 5) is 12.2. The van der Waals surface area contributed by atoms with Gasteiger partial charge >= 0.3 is 5.97 Å². The van der Waals surface area contributed by atoms with Crippen molar-refractivity contribution in [2.75, 3.05) is 5.88 Å². The highest BCUT2D eigenvalue weighted by molar-refractivity contribution is 6.17. The minimum Gasteiger partial charge on any atom is -0.481 e. The molecule has 3 heteroatoms. The second kappa shape index (κ2) is 4.33. The van der Waals surface area contributed by atoms with E-state index in [-0.39, 0.29) is 10.8 Å². The number of carboxylic acids is 1. The third kappa shape index (κ3) is 1.46. The molecule has 1 N–H and O–H groups in total. The molecule has 0 amide bonds. The maximum absolute atomic E-state index is 12.2. The summed E-state index contributed by atoms with van der Waals surface area (Å²) < 4.78 is 0. The Kier molecular flexibility index (Phi) is 2.70. The molecule has 1 spiro atoms. The third-order valence-corrected chi connectivity index (χ3v) is 8.37. The molecule has 23 heavy (non-hydrogen) atoms. The van der Waals surface area contributed by atoms with Gasteiger partial charge in [0.25, 0.3) is 0 Å². The average Bonchev–Trinajstić information content (AvgIpc) is 2.82. The monoisotopic (exact) mass is 330 g/mol. The number of aliphatic carboxylic acids is 1. The molecule has 0 aliphatic heterocycles. The molecule has 0 saturated heterocycles. The molecule has 6 atom stereocenters. The van der Waals surface area contributed by atoms with Crippen molar-refractivity contribution >= 4 is 17.6 Å². The summed E-state index contributed by atoms with van der Waals surface area (Å²) in [6.45, 7) is 0. The fourth-order valence-corrected chi connectivity index (χ4v) is 7.91. The van der Waals surface area contributed by atoms with Crippen LogP contribution in [0.3, 0.4) is 0 Å². The van der Waals surface area contributed by atoms with E-state index in [1.165, 1.54) is 18.4 Å². The van der Waals surface area contributed by atoms with Gasteiger partial charge in [0, 0.05) is 11.3 Å². The Hall–Kier alpha value is -1.02. The number of halogens is 1. The lowest BCUT2D eigenvalue weighted by Crippen LogP contribution is -2.56. The summed E-state index contributed by atoms with van der Waals surface area (Å²) in [5.74, 6) is 2.11. The Morgan fingerprint density at radius 1 is 1.17 bits per heavy atom. The van der Waals surface area contributed by atoms with Gasteiger partial charge in [-0.05, 0) is 67.3 Å². The first-order valence-corrected chi connectivity index (χ1v) is 9.45. The smallest absolute Gasteiger partial charge is 0.309 e. The molecule has 1 aromatic rings. The number of benzene rings is 1. The van der Waals surface area contributed by atoms with Crippen molar-refractivity contribution in [2.24, 2.45) is 28.6 Å². The van der Waals surface area contributed by atoms with Crippen LogP contribution in [-0.2, 0) is 10.2 Å². The van der Waals surface area contributed by atoms with Crippen molar-refractivity contribution in [1.82, 2.24) is 0 Å². The van der Waals surface area contributed by atoms with E-state index >= 15 is 0 Å². The van der Waals surface area contributed by atoms with Crippen molar-refractivity contribution in [1.29, 1.82) is 0 Å². The maximum Gasteiger partial charge on any atom is 0.309 e. The molecule has 4 aliphatic rings. The summed E-state index contributed by atoms with van der Waals surface area (Å²) in [5.41, 5.74) is 1.28. The van der Waals surface area contributed by atoms with E-state index in [4.69, 9.17) is 11.6 Å². The van der Waals surface area contributed by atoms with Gasteiger partial charge in [-0.3, -0.25) is 4.79 Å².